The molecule has 0 aliphatic heterocycles. The molecule has 0 amide bonds. The molecule has 1 aromatic heterocycles. The zero-order valence-corrected chi connectivity index (χ0v) is 11.4. The summed E-state index contributed by atoms with van der Waals surface area (Å²) in [5.74, 6) is -1.59. The summed E-state index contributed by atoms with van der Waals surface area (Å²) in [7, 11) is 2.96. The van der Waals surface area contributed by atoms with Crippen LogP contribution >= 0.6 is 0 Å². The number of aromatic nitrogens is 2. The molecule has 0 saturated carbocycles. The molecule has 104 valence electrons. The van der Waals surface area contributed by atoms with E-state index in [-0.39, 0.29) is 12.4 Å². The number of ether oxygens (including phenoxy) is 1. The molecule has 1 N–H and O–H groups in total. The van der Waals surface area contributed by atoms with Gasteiger partial charge in [0, 0.05) is 25.4 Å². The van der Waals surface area contributed by atoms with E-state index in [9.17, 15) is 9.59 Å². The quantitative estimate of drug-likeness (QED) is 0.786. The van der Waals surface area contributed by atoms with Crippen molar-refractivity contribution in [3.05, 3.63) is 17.6 Å². The molecule has 0 saturated heterocycles. The topological polar surface area (TPSA) is 92.6 Å². The fourth-order valence-electron chi connectivity index (χ4n) is 1.51. The monoisotopic (exact) mass is 267 g/mol. The molecule has 1 atom stereocenters. The molecule has 1 heterocycles. The number of rotatable bonds is 5. The van der Waals surface area contributed by atoms with Crippen molar-refractivity contribution in [2.24, 2.45) is 5.92 Å². The number of carboxylic acid groups (broad SMARTS) is 1. The minimum absolute atomic E-state index is 0.0349. The molecule has 0 radical (unpaired) electrons. The normalized spacial score (nSPS) is 11.8. The second-order valence-electron chi connectivity index (χ2n) is 4.30. The SMILES string of the molecule is COC(=O)c1nc(C)cc(N(C)CC(C)C(=O)O)n1. The lowest BCUT2D eigenvalue weighted by Crippen LogP contribution is -2.29. The molecule has 1 unspecified atom stereocenters. The van der Waals surface area contributed by atoms with Crippen molar-refractivity contribution in [1.29, 1.82) is 0 Å². The van der Waals surface area contributed by atoms with Crippen molar-refractivity contribution in [2.45, 2.75) is 13.8 Å². The van der Waals surface area contributed by atoms with Gasteiger partial charge in [0.2, 0.25) is 5.82 Å². The maximum atomic E-state index is 11.4. The Morgan fingerprint density at radius 2 is 2.11 bits per heavy atom. The summed E-state index contributed by atoms with van der Waals surface area (Å²) in [4.78, 5) is 31.9. The molecule has 1 rings (SSSR count). The van der Waals surface area contributed by atoms with Gasteiger partial charge in [-0.25, -0.2) is 14.8 Å². The summed E-state index contributed by atoms with van der Waals surface area (Å²) < 4.78 is 4.57. The zero-order valence-electron chi connectivity index (χ0n) is 11.4. The molecular formula is C12H17N3O4. The number of anilines is 1. The summed E-state index contributed by atoms with van der Waals surface area (Å²) in [6.45, 7) is 3.62. The van der Waals surface area contributed by atoms with Crippen LogP contribution in [0.1, 0.15) is 23.2 Å². The smallest absolute Gasteiger partial charge is 0.376 e. The van der Waals surface area contributed by atoms with E-state index in [0.717, 1.165) is 0 Å². The fraction of sp³-hybridized carbons (Fsp3) is 0.500. The predicted molar refractivity (Wildman–Crippen MR) is 68.2 cm³/mol. The van der Waals surface area contributed by atoms with E-state index >= 15 is 0 Å². The van der Waals surface area contributed by atoms with Gasteiger partial charge in [-0.15, -0.1) is 0 Å². The Labute approximate surface area is 111 Å². The summed E-state index contributed by atoms with van der Waals surface area (Å²) in [6.07, 6.45) is 0. The summed E-state index contributed by atoms with van der Waals surface area (Å²) >= 11 is 0. The molecule has 0 aromatic carbocycles. The first kappa shape index (κ1) is 14.9. The lowest BCUT2D eigenvalue weighted by Gasteiger charge is -2.20. The molecule has 0 fully saturated rings. The number of hydrogen-bond acceptors (Lipinski definition) is 6. The van der Waals surface area contributed by atoms with Gasteiger partial charge in [-0.3, -0.25) is 4.79 Å². The van der Waals surface area contributed by atoms with E-state index in [0.29, 0.717) is 11.5 Å². The van der Waals surface area contributed by atoms with Crippen LogP contribution in [0.2, 0.25) is 0 Å². The van der Waals surface area contributed by atoms with E-state index in [1.54, 1.807) is 31.9 Å². The molecule has 0 bridgehead atoms. The number of methoxy groups -OCH3 is 1. The Balaban J connectivity index is 2.97. The minimum Gasteiger partial charge on any atom is -0.481 e. The van der Waals surface area contributed by atoms with Crippen molar-refractivity contribution < 1.29 is 19.4 Å². The first-order chi connectivity index (χ1) is 8.85. The molecule has 0 aliphatic carbocycles. The Kier molecular flexibility index (Phi) is 4.80. The average Bonchev–Trinajstić information content (AvgIpc) is 2.36. The van der Waals surface area contributed by atoms with Crippen LogP contribution in [0.25, 0.3) is 0 Å². The highest BCUT2D eigenvalue weighted by Crippen LogP contribution is 2.13. The van der Waals surface area contributed by atoms with Gasteiger partial charge in [0.25, 0.3) is 0 Å². The lowest BCUT2D eigenvalue weighted by atomic mass is 10.2. The van der Waals surface area contributed by atoms with E-state index in [1.807, 2.05) is 0 Å². The standard InChI is InChI=1S/C12H17N3O4/c1-7(11(16)17)6-15(3)9-5-8(2)13-10(14-9)12(18)19-4/h5,7H,6H2,1-4H3,(H,16,17). The van der Waals surface area contributed by atoms with E-state index in [2.05, 4.69) is 14.7 Å². The third-order valence-corrected chi connectivity index (χ3v) is 2.57. The first-order valence-corrected chi connectivity index (χ1v) is 5.73. The van der Waals surface area contributed by atoms with Crippen molar-refractivity contribution in [1.82, 2.24) is 9.97 Å². The summed E-state index contributed by atoms with van der Waals surface area (Å²) in [6, 6.07) is 1.68. The van der Waals surface area contributed by atoms with E-state index in [4.69, 9.17) is 5.11 Å². The van der Waals surface area contributed by atoms with Gasteiger partial charge in [-0.1, -0.05) is 6.92 Å². The number of hydrogen-bond donors (Lipinski definition) is 1. The molecule has 0 aliphatic rings. The van der Waals surface area contributed by atoms with Crippen molar-refractivity contribution in [2.75, 3.05) is 25.6 Å². The second kappa shape index (κ2) is 6.12. The van der Waals surface area contributed by atoms with Gasteiger partial charge in [0.1, 0.15) is 5.82 Å². The average molecular weight is 267 g/mol. The number of carbonyl (C=O) groups excluding carboxylic acids is 1. The zero-order chi connectivity index (χ0) is 14.6. The third kappa shape index (κ3) is 3.90. The Hall–Kier alpha value is -2.18. The second-order valence-corrected chi connectivity index (χ2v) is 4.30. The first-order valence-electron chi connectivity index (χ1n) is 5.73. The van der Waals surface area contributed by atoms with Gasteiger partial charge in [-0.2, -0.15) is 0 Å². The van der Waals surface area contributed by atoms with Crippen LogP contribution in [-0.2, 0) is 9.53 Å². The highest BCUT2D eigenvalue weighted by atomic mass is 16.5. The molecule has 7 heteroatoms. The number of carboxylic acids is 1. The van der Waals surface area contributed by atoms with Crippen LogP contribution in [0.4, 0.5) is 5.82 Å². The highest BCUT2D eigenvalue weighted by molar-refractivity contribution is 5.85. The largest absolute Gasteiger partial charge is 0.481 e. The van der Waals surface area contributed by atoms with Crippen molar-refractivity contribution in [3.8, 4) is 0 Å². The van der Waals surface area contributed by atoms with Crippen LogP contribution in [0.5, 0.6) is 0 Å². The number of esters is 1. The Morgan fingerprint density at radius 1 is 1.47 bits per heavy atom. The van der Waals surface area contributed by atoms with Gasteiger partial charge in [0.15, 0.2) is 0 Å². The van der Waals surface area contributed by atoms with E-state index in [1.165, 1.54) is 7.11 Å². The minimum atomic E-state index is -0.884. The lowest BCUT2D eigenvalue weighted by molar-refractivity contribution is -0.140. The summed E-state index contributed by atoms with van der Waals surface area (Å²) in [5.41, 5.74) is 0.611. The van der Waals surface area contributed by atoms with E-state index < -0.39 is 17.9 Å². The van der Waals surface area contributed by atoms with Crippen LogP contribution < -0.4 is 4.90 Å². The van der Waals surface area contributed by atoms with Crippen LogP contribution in [0, 0.1) is 12.8 Å². The third-order valence-electron chi connectivity index (χ3n) is 2.57. The molecular weight excluding hydrogens is 250 g/mol. The van der Waals surface area contributed by atoms with Gasteiger partial charge in [-0.05, 0) is 6.92 Å². The molecule has 7 nitrogen and oxygen atoms in total. The predicted octanol–water partition coefficient (Wildman–Crippen LogP) is 0.729. The maximum absolute atomic E-state index is 11.4. The number of nitrogens with zero attached hydrogens (tertiary/aromatic N) is 3. The number of carbonyl (C=O) groups is 2. The molecule has 0 spiro atoms. The van der Waals surface area contributed by atoms with Gasteiger partial charge in [0.05, 0.1) is 13.0 Å². The summed E-state index contributed by atoms with van der Waals surface area (Å²) in [5, 5.41) is 8.88. The fourth-order valence-corrected chi connectivity index (χ4v) is 1.51. The Morgan fingerprint density at radius 3 is 2.63 bits per heavy atom. The van der Waals surface area contributed by atoms with Crippen molar-refractivity contribution >= 4 is 17.8 Å². The maximum Gasteiger partial charge on any atom is 0.376 e. The van der Waals surface area contributed by atoms with Crippen LogP contribution in [0.15, 0.2) is 6.07 Å². The van der Waals surface area contributed by atoms with Crippen molar-refractivity contribution in [3.63, 3.8) is 0 Å². The highest BCUT2D eigenvalue weighted by Gasteiger charge is 2.17. The van der Waals surface area contributed by atoms with Gasteiger partial charge < -0.3 is 14.7 Å². The molecule has 1 aromatic rings. The van der Waals surface area contributed by atoms with Crippen LogP contribution in [-0.4, -0.2) is 47.7 Å². The Bertz CT molecular complexity index is 490. The number of aliphatic carboxylic acids is 1. The molecule has 19 heavy (non-hydrogen) atoms. The van der Waals surface area contributed by atoms with Gasteiger partial charge >= 0.3 is 11.9 Å². The number of aryl methyl sites for hydroxylation is 1. The van der Waals surface area contributed by atoms with Crippen LogP contribution in [0.3, 0.4) is 0 Å².